The van der Waals surface area contributed by atoms with Gasteiger partial charge in [0.2, 0.25) is 0 Å². The number of ketones is 1. The summed E-state index contributed by atoms with van der Waals surface area (Å²) in [7, 11) is 1.47. The Kier molecular flexibility index (Phi) is 3.29. The Morgan fingerprint density at radius 1 is 1.57 bits per heavy atom. The van der Waals surface area contributed by atoms with Gasteiger partial charge in [0.25, 0.3) is 0 Å². The van der Waals surface area contributed by atoms with Gasteiger partial charge in [0.05, 0.1) is 7.11 Å². The Morgan fingerprint density at radius 3 is 2.86 bits per heavy atom. The molecule has 0 aliphatic carbocycles. The van der Waals surface area contributed by atoms with Gasteiger partial charge in [0.15, 0.2) is 17.3 Å². The minimum Gasteiger partial charge on any atom is -0.504 e. The van der Waals surface area contributed by atoms with Crippen LogP contribution in [0.4, 0.5) is 0 Å². The molecule has 3 heteroatoms. The third-order valence-corrected chi connectivity index (χ3v) is 1.67. The second-order valence-electron chi connectivity index (χ2n) is 2.73. The van der Waals surface area contributed by atoms with E-state index in [1.807, 2.05) is 0 Å². The lowest BCUT2D eigenvalue weighted by atomic mass is 10.2. The predicted molar refractivity (Wildman–Crippen MR) is 54.1 cm³/mol. The molecular weight excluding hydrogens is 180 g/mol. The van der Waals surface area contributed by atoms with Gasteiger partial charge >= 0.3 is 0 Å². The molecule has 0 bridgehead atoms. The molecule has 73 valence electrons. The van der Waals surface area contributed by atoms with Crippen molar-refractivity contribution in [1.82, 2.24) is 0 Å². The van der Waals surface area contributed by atoms with E-state index in [0.717, 1.165) is 5.56 Å². The predicted octanol–water partition coefficient (Wildman–Crippen LogP) is 1.82. The van der Waals surface area contributed by atoms with Crippen molar-refractivity contribution in [1.29, 1.82) is 0 Å². The summed E-state index contributed by atoms with van der Waals surface area (Å²) < 4.78 is 4.91. The van der Waals surface area contributed by atoms with Crippen LogP contribution in [0.15, 0.2) is 24.3 Å². The molecule has 14 heavy (non-hydrogen) atoms. The van der Waals surface area contributed by atoms with Crippen LogP contribution in [0, 0.1) is 6.92 Å². The van der Waals surface area contributed by atoms with Gasteiger partial charge in [-0.1, -0.05) is 12.1 Å². The summed E-state index contributed by atoms with van der Waals surface area (Å²) in [5.74, 6) is 0.186. The molecule has 0 saturated carbocycles. The first kappa shape index (κ1) is 10.3. The van der Waals surface area contributed by atoms with Crippen molar-refractivity contribution in [2.45, 2.75) is 0 Å². The second kappa shape index (κ2) is 4.46. The van der Waals surface area contributed by atoms with Crippen LogP contribution in [0.2, 0.25) is 0 Å². The molecule has 0 unspecified atom stereocenters. The number of rotatable bonds is 3. The van der Waals surface area contributed by atoms with Crippen molar-refractivity contribution in [2.75, 3.05) is 7.11 Å². The lowest BCUT2D eigenvalue weighted by Crippen LogP contribution is -1.85. The highest BCUT2D eigenvalue weighted by Crippen LogP contribution is 2.26. The van der Waals surface area contributed by atoms with E-state index < -0.39 is 0 Å². The molecule has 0 amide bonds. The Balaban J connectivity index is 2.95. The van der Waals surface area contributed by atoms with Gasteiger partial charge in [-0.25, -0.2) is 0 Å². The largest absolute Gasteiger partial charge is 0.504 e. The minimum atomic E-state index is -0.267. The normalized spacial score (nSPS) is 10.4. The monoisotopic (exact) mass is 191 g/mol. The fourth-order valence-electron chi connectivity index (χ4n) is 0.987. The minimum absolute atomic E-state index is 0.0746. The zero-order valence-corrected chi connectivity index (χ0v) is 7.86. The fraction of sp³-hybridized carbons (Fsp3) is 0.0909. The number of benzene rings is 1. The maximum absolute atomic E-state index is 10.6. The van der Waals surface area contributed by atoms with Crippen molar-refractivity contribution >= 4 is 11.9 Å². The van der Waals surface area contributed by atoms with E-state index in [1.54, 1.807) is 18.2 Å². The summed E-state index contributed by atoms with van der Waals surface area (Å²) in [5.41, 5.74) is 0.775. The van der Waals surface area contributed by atoms with E-state index in [1.165, 1.54) is 19.3 Å². The number of ether oxygens (including phenoxy) is 1. The second-order valence-corrected chi connectivity index (χ2v) is 2.73. The number of hydrogen-bond acceptors (Lipinski definition) is 3. The van der Waals surface area contributed by atoms with Gasteiger partial charge < -0.3 is 9.84 Å². The van der Waals surface area contributed by atoms with Gasteiger partial charge in [-0.2, -0.15) is 0 Å². The zero-order chi connectivity index (χ0) is 10.6. The highest BCUT2D eigenvalue weighted by molar-refractivity contribution is 5.96. The SMILES string of the molecule is [CH2]C(=O)/C=C/c1ccc(O)c(OC)c1. The van der Waals surface area contributed by atoms with Gasteiger partial charge in [-0.3, -0.25) is 4.79 Å². The Hall–Kier alpha value is -1.77. The molecular formula is C11H11O3. The van der Waals surface area contributed by atoms with Crippen molar-refractivity contribution in [3.8, 4) is 11.5 Å². The highest BCUT2D eigenvalue weighted by atomic mass is 16.5. The van der Waals surface area contributed by atoms with Gasteiger partial charge in [-0.05, 0) is 23.8 Å². The number of carbonyl (C=O) groups is 1. The molecule has 0 aliphatic rings. The molecule has 1 rings (SSSR count). The smallest absolute Gasteiger partial charge is 0.161 e. The molecule has 0 fully saturated rings. The lowest BCUT2D eigenvalue weighted by Gasteiger charge is -2.03. The van der Waals surface area contributed by atoms with Crippen LogP contribution in [-0.2, 0) is 4.79 Å². The summed E-state index contributed by atoms with van der Waals surface area (Å²) in [5, 5.41) is 9.28. The Morgan fingerprint density at radius 2 is 2.29 bits per heavy atom. The first-order chi connectivity index (χ1) is 6.63. The lowest BCUT2D eigenvalue weighted by molar-refractivity contribution is -0.110. The van der Waals surface area contributed by atoms with Crippen LogP contribution in [0.25, 0.3) is 6.08 Å². The van der Waals surface area contributed by atoms with Crippen LogP contribution < -0.4 is 4.74 Å². The Bertz CT molecular complexity index is 367. The summed E-state index contributed by atoms with van der Waals surface area (Å²) in [4.78, 5) is 10.6. The average Bonchev–Trinajstić information content (AvgIpc) is 2.16. The number of methoxy groups -OCH3 is 1. The maximum Gasteiger partial charge on any atom is 0.161 e. The van der Waals surface area contributed by atoms with Crippen LogP contribution in [0.5, 0.6) is 11.5 Å². The molecule has 1 radical (unpaired) electrons. The van der Waals surface area contributed by atoms with Crippen LogP contribution in [0.1, 0.15) is 5.56 Å². The Labute approximate surface area is 82.6 Å². The van der Waals surface area contributed by atoms with Crippen LogP contribution >= 0.6 is 0 Å². The molecule has 0 aromatic heterocycles. The number of aromatic hydroxyl groups is 1. The molecule has 0 saturated heterocycles. The van der Waals surface area contributed by atoms with Crippen molar-refractivity contribution in [3.63, 3.8) is 0 Å². The molecule has 0 aliphatic heterocycles. The number of allylic oxidation sites excluding steroid dienone is 1. The summed E-state index contributed by atoms with van der Waals surface area (Å²) in [6.45, 7) is 3.21. The van der Waals surface area contributed by atoms with E-state index >= 15 is 0 Å². The topological polar surface area (TPSA) is 46.5 Å². The third-order valence-electron chi connectivity index (χ3n) is 1.67. The average molecular weight is 191 g/mol. The van der Waals surface area contributed by atoms with Gasteiger partial charge in [0, 0.05) is 6.92 Å². The number of phenols is 1. The van der Waals surface area contributed by atoms with E-state index in [9.17, 15) is 9.90 Å². The van der Waals surface area contributed by atoms with Crippen LogP contribution in [-0.4, -0.2) is 18.0 Å². The molecule has 1 aromatic rings. The van der Waals surface area contributed by atoms with Gasteiger partial charge in [-0.15, -0.1) is 0 Å². The number of hydrogen-bond donors (Lipinski definition) is 1. The van der Waals surface area contributed by atoms with Crippen molar-refractivity contribution < 1.29 is 14.6 Å². The standard InChI is InChI=1S/C11H11O3/c1-8(12)3-4-9-5-6-10(13)11(7-9)14-2/h3-7,13H,1H2,2H3/b4-3+. The summed E-state index contributed by atoms with van der Waals surface area (Å²) >= 11 is 0. The number of phenolic OH excluding ortho intramolecular Hbond substituents is 1. The zero-order valence-electron chi connectivity index (χ0n) is 7.86. The molecule has 1 aromatic carbocycles. The first-order valence-corrected chi connectivity index (χ1v) is 4.04. The molecule has 0 heterocycles. The molecule has 3 nitrogen and oxygen atoms in total. The highest BCUT2D eigenvalue weighted by Gasteiger charge is 2.00. The van der Waals surface area contributed by atoms with Crippen LogP contribution in [0.3, 0.4) is 0 Å². The maximum atomic E-state index is 10.6. The third kappa shape index (κ3) is 2.62. The fourth-order valence-corrected chi connectivity index (χ4v) is 0.987. The quantitative estimate of drug-likeness (QED) is 0.741. The first-order valence-electron chi connectivity index (χ1n) is 4.04. The van der Waals surface area contributed by atoms with Crippen molar-refractivity contribution in [2.24, 2.45) is 0 Å². The number of carbonyl (C=O) groups excluding carboxylic acids is 1. The van der Waals surface area contributed by atoms with Gasteiger partial charge in [0.1, 0.15) is 0 Å². The summed E-state index contributed by atoms with van der Waals surface area (Å²) in [6, 6.07) is 4.82. The van der Waals surface area contributed by atoms with E-state index in [2.05, 4.69) is 6.92 Å². The molecule has 0 spiro atoms. The van der Waals surface area contributed by atoms with E-state index in [4.69, 9.17) is 4.74 Å². The molecule has 0 atom stereocenters. The molecule has 1 N–H and O–H groups in total. The summed E-state index contributed by atoms with van der Waals surface area (Å²) in [6.07, 6.45) is 2.96. The van der Waals surface area contributed by atoms with Crippen molar-refractivity contribution in [3.05, 3.63) is 36.8 Å². The van der Waals surface area contributed by atoms with E-state index in [0.29, 0.717) is 5.75 Å². The van der Waals surface area contributed by atoms with E-state index in [-0.39, 0.29) is 11.5 Å².